The van der Waals surface area contributed by atoms with Gasteiger partial charge in [-0.1, -0.05) is 24.3 Å². The number of benzene rings is 2. The lowest BCUT2D eigenvalue weighted by molar-refractivity contribution is -0.131. The van der Waals surface area contributed by atoms with E-state index in [-0.39, 0.29) is 5.43 Å². The lowest BCUT2D eigenvalue weighted by atomic mass is 10.0. The summed E-state index contributed by atoms with van der Waals surface area (Å²) in [5.74, 6) is -0.0648. The number of fused-ring (bicyclic) bond motifs is 1. The van der Waals surface area contributed by atoms with Crippen LogP contribution in [-0.2, 0) is 4.79 Å². The number of aryl methyl sites for hydroxylation is 1. The summed E-state index contributed by atoms with van der Waals surface area (Å²) < 4.78 is 10.6. The van der Waals surface area contributed by atoms with Gasteiger partial charge in [-0.15, -0.1) is 0 Å². The van der Waals surface area contributed by atoms with E-state index in [0.717, 1.165) is 11.1 Å². The van der Waals surface area contributed by atoms with Crippen molar-refractivity contribution in [2.24, 2.45) is 0 Å². The standard InChI is InChI=1S/C18H14O4/c1-11-5-3-4-6-14(11)16-10-21-17-9-13(22-12(2)19)7-8-15(17)18(16)20/h3-10H,1-2H3. The fraction of sp³-hybridized carbons (Fsp3) is 0.111. The Morgan fingerprint density at radius 2 is 1.86 bits per heavy atom. The van der Waals surface area contributed by atoms with Crippen LogP contribution in [0.5, 0.6) is 5.75 Å². The number of hydrogen-bond acceptors (Lipinski definition) is 4. The van der Waals surface area contributed by atoms with E-state index in [1.165, 1.54) is 13.2 Å². The summed E-state index contributed by atoms with van der Waals surface area (Å²) >= 11 is 0. The molecule has 3 rings (SSSR count). The van der Waals surface area contributed by atoms with Crippen molar-refractivity contribution in [3.63, 3.8) is 0 Å². The number of esters is 1. The third kappa shape index (κ3) is 2.51. The molecule has 0 unspecified atom stereocenters. The van der Waals surface area contributed by atoms with E-state index in [9.17, 15) is 9.59 Å². The van der Waals surface area contributed by atoms with Gasteiger partial charge in [-0.25, -0.2) is 0 Å². The molecular formula is C18H14O4. The molecule has 0 aliphatic carbocycles. The molecule has 1 heterocycles. The minimum Gasteiger partial charge on any atom is -0.463 e. The van der Waals surface area contributed by atoms with Crippen LogP contribution < -0.4 is 10.2 Å². The zero-order valence-electron chi connectivity index (χ0n) is 12.3. The van der Waals surface area contributed by atoms with Crippen LogP contribution in [0.4, 0.5) is 0 Å². The van der Waals surface area contributed by atoms with Crippen molar-refractivity contribution < 1.29 is 13.9 Å². The summed E-state index contributed by atoms with van der Waals surface area (Å²) in [4.78, 5) is 23.6. The van der Waals surface area contributed by atoms with Crippen LogP contribution >= 0.6 is 0 Å². The van der Waals surface area contributed by atoms with Gasteiger partial charge < -0.3 is 9.15 Å². The molecule has 3 aromatic rings. The Balaban J connectivity index is 2.17. The van der Waals surface area contributed by atoms with E-state index >= 15 is 0 Å². The lowest BCUT2D eigenvalue weighted by Gasteiger charge is -2.07. The molecule has 0 radical (unpaired) electrons. The molecule has 0 saturated heterocycles. The van der Waals surface area contributed by atoms with E-state index in [1.807, 2.05) is 31.2 Å². The second-order valence-electron chi connectivity index (χ2n) is 5.05. The molecule has 0 atom stereocenters. The summed E-state index contributed by atoms with van der Waals surface area (Å²) in [7, 11) is 0. The normalized spacial score (nSPS) is 10.6. The Morgan fingerprint density at radius 1 is 1.09 bits per heavy atom. The maximum atomic E-state index is 12.6. The topological polar surface area (TPSA) is 56.5 Å². The SMILES string of the molecule is CC(=O)Oc1ccc2c(=O)c(-c3ccccc3C)coc2c1. The van der Waals surface area contributed by atoms with Crippen molar-refractivity contribution in [2.75, 3.05) is 0 Å². The monoisotopic (exact) mass is 294 g/mol. The smallest absolute Gasteiger partial charge is 0.308 e. The van der Waals surface area contributed by atoms with Gasteiger partial charge in [0.25, 0.3) is 0 Å². The molecule has 2 aromatic carbocycles. The van der Waals surface area contributed by atoms with E-state index in [2.05, 4.69) is 0 Å². The highest BCUT2D eigenvalue weighted by Crippen LogP contribution is 2.24. The van der Waals surface area contributed by atoms with Crippen LogP contribution in [0.2, 0.25) is 0 Å². The zero-order chi connectivity index (χ0) is 15.7. The molecule has 0 N–H and O–H groups in total. The van der Waals surface area contributed by atoms with Crippen molar-refractivity contribution in [2.45, 2.75) is 13.8 Å². The van der Waals surface area contributed by atoms with Gasteiger partial charge in [0.15, 0.2) is 0 Å². The molecule has 0 bridgehead atoms. The summed E-state index contributed by atoms with van der Waals surface area (Å²) in [5, 5.41) is 0.455. The Bertz CT molecular complexity index is 922. The van der Waals surface area contributed by atoms with Gasteiger partial charge in [-0.05, 0) is 30.2 Å². The highest BCUT2D eigenvalue weighted by Gasteiger charge is 2.11. The maximum Gasteiger partial charge on any atom is 0.308 e. The predicted molar refractivity (Wildman–Crippen MR) is 84.0 cm³/mol. The van der Waals surface area contributed by atoms with Crippen LogP contribution in [0.15, 0.2) is 57.9 Å². The second kappa shape index (κ2) is 5.48. The Kier molecular flexibility index (Phi) is 3.51. The number of carbonyl (C=O) groups excluding carboxylic acids is 1. The Morgan fingerprint density at radius 3 is 2.59 bits per heavy atom. The molecular weight excluding hydrogens is 280 g/mol. The first-order valence-electron chi connectivity index (χ1n) is 6.86. The second-order valence-corrected chi connectivity index (χ2v) is 5.05. The van der Waals surface area contributed by atoms with Crippen molar-refractivity contribution in [3.05, 3.63) is 64.5 Å². The third-order valence-electron chi connectivity index (χ3n) is 3.44. The van der Waals surface area contributed by atoms with E-state index < -0.39 is 5.97 Å². The average molecular weight is 294 g/mol. The highest BCUT2D eigenvalue weighted by molar-refractivity contribution is 5.83. The number of rotatable bonds is 2. The van der Waals surface area contributed by atoms with Crippen LogP contribution in [0.3, 0.4) is 0 Å². The van der Waals surface area contributed by atoms with Crippen LogP contribution in [0, 0.1) is 6.92 Å². The van der Waals surface area contributed by atoms with Gasteiger partial charge >= 0.3 is 5.97 Å². The van der Waals surface area contributed by atoms with Crippen LogP contribution in [-0.4, -0.2) is 5.97 Å². The fourth-order valence-corrected chi connectivity index (χ4v) is 2.40. The minimum atomic E-state index is -0.418. The largest absolute Gasteiger partial charge is 0.463 e. The minimum absolute atomic E-state index is 0.107. The van der Waals surface area contributed by atoms with Crippen molar-refractivity contribution in [1.29, 1.82) is 0 Å². The average Bonchev–Trinajstić information content (AvgIpc) is 2.48. The molecule has 1 aromatic heterocycles. The molecule has 0 aliphatic heterocycles. The summed E-state index contributed by atoms with van der Waals surface area (Å²) in [5.41, 5.74) is 2.66. The van der Waals surface area contributed by atoms with Gasteiger partial charge in [-0.2, -0.15) is 0 Å². The van der Waals surface area contributed by atoms with E-state index in [0.29, 0.717) is 22.3 Å². The first-order chi connectivity index (χ1) is 10.6. The lowest BCUT2D eigenvalue weighted by Crippen LogP contribution is -2.06. The fourth-order valence-electron chi connectivity index (χ4n) is 2.40. The number of ether oxygens (including phenoxy) is 1. The predicted octanol–water partition coefficient (Wildman–Crippen LogP) is 3.69. The quantitative estimate of drug-likeness (QED) is 0.534. The van der Waals surface area contributed by atoms with Gasteiger partial charge in [0.1, 0.15) is 17.6 Å². The Labute approximate surface area is 127 Å². The number of hydrogen-bond donors (Lipinski definition) is 0. The molecule has 4 nitrogen and oxygen atoms in total. The van der Waals surface area contributed by atoms with Gasteiger partial charge in [0.2, 0.25) is 5.43 Å². The van der Waals surface area contributed by atoms with E-state index in [1.54, 1.807) is 18.2 Å². The molecule has 0 saturated carbocycles. The van der Waals surface area contributed by atoms with Crippen molar-refractivity contribution in [3.8, 4) is 16.9 Å². The molecule has 4 heteroatoms. The van der Waals surface area contributed by atoms with Gasteiger partial charge in [0, 0.05) is 13.0 Å². The first-order valence-corrected chi connectivity index (χ1v) is 6.86. The summed E-state index contributed by atoms with van der Waals surface area (Å²) in [6.45, 7) is 3.27. The third-order valence-corrected chi connectivity index (χ3v) is 3.44. The zero-order valence-corrected chi connectivity index (χ0v) is 12.3. The highest BCUT2D eigenvalue weighted by atomic mass is 16.5. The molecule has 0 fully saturated rings. The molecule has 22 heavy (non-hydrogen) atoms. The summed E-state index contributed by atoms with van der Waals surface area (Å²) in [6, 6.07) is 12.4. The van der Waals surface area contributed by atoms with Crippen molar-refractivity contribution in [1.82, 2.24) is 0 Å². The van der Waals surface area contributed by atoms with Crippen LogP contribution in [0.1, 0.15) is 12.5 Å². The molecule has 0 spiro atoms. The number of carbonyl (C=O) groups is 1. The maximum absolute atomic E-state index is 12.6. The van der Waals surface area contributed by atoms with Gasteiger partial charge in [-0.3, -0.25) is 9.59 Å². The first kappa shape index (κ1) is 14.1. The summed E-state index contributed by atoms with van der Waals surface area (Å²) in [6.07, 6.45) is 1.45. The van der Waals surface area contributed by atoms with E-state index in [4.69, 9.17) is 9.15 Å². The van der Waals surface area contributed by atoms with Crippen LogP contribution in [0.25, 0.3) is 22.1 Å². The molecule has 110 valence electrons. The van der Waals surface area contributed by atoms with Gasteiger partial charge in [0.05, 0.1) is 10.9 Å². The van der Waals surface area contributed by atoms with Crippen molar-refractivity contribution >= 4 is 16.9 Å². The molecule has 0 aliphatic rings. The molecule has 0 amide bonds. The Hall–Kier alpha value is -2.88.